The van der Waals surface area contributed by atoms with Crippen LogP contribution in [0.2, 0.25) is 0 Å². The van der Waals surface area contributed by atoms with E-state index in [0.717, 1.165) is 16.5 Å². The molecule has 0 bridgehead atoms. The van der Waals surface area contributed by atoms with Gasteiger partial charge in [0.15, 0.2) is 0 Å². The van der Waals surface area contributed by atoms with Crippen LogP contribution < -0.4 is 11.1 Å². The second kappa shape index (κ2) is 5.05. The number of nitrogen functional groups attached to an aromatic ring is 1. The van der Waals surface area contributed by atoms with Gasteiger partial charge in [0.05, 0.1) is 11.8 Å². The van der Waals surface area contributed by atoms with Crippen LogP contribution >= 0.6 is 0 Å². The second-order valence-corrected chi connectivity index (χ2v) is 4.41. The summed E-state index contributed by atoms with van der Waals surface area (Å²) in [6, 6.07) is 11.0. The predicted octanol–water partition coefficient (Wildman–Crippen LogP) is 2.34. The minimum atomic E-state index is -0.233. The molecule has 2 heterocycles. The summed E-state index contributed by atoms with van der Waals surface area (Å²) in [4.78, 5) is 15.9. The topological polar surface area (TPSA) is 81.1 Å². The molecular weight excluding hydrogens is 254 g/mol. The van der Waals surface area contributed by atoms with Crippen LogP contribution in [0.4, 0.5) is 5.82 Å². The van der Waals surface area contributed by atoms with Crippen molar-refractivity contribution in [3.8, 4) is 0 Å². The Morgan fingerprint density at radius 3 is 3.05 bits per heavy atom. The molecule has 0 radical (unpaired) electrons. The summed E-state index contributed by atoms with van der Waals surface area (Å²) >= 11 is 0. The number of amides is 1. The fourth-order valence-corrected chi connectivity index (χ4v) is 2.01. The Balaban J connectivity index is 1.73. The molecule has 3 rings (SSSR count). The van der Waals surface area contributed by atoms with Crippen LogP contribution in [-0.2, 0) is 6.54 Å². The molecule has 0 aliphatic carbocycles. The van der Waals surface area contributed by atoms with Gasteiger partial charge in [-0.1, -0.05) is 6.07 Å². The maximum absolute atomic E-state index is 12.0. The molecular formula is C15H13N3O2. The number of furan rings is 1. The Morgan fingerprint density at radius 1 is 1.30 bits per heavy atom. The molecule has 20 heavy (non-hydrogen) atoms. The number of aromatic nitrogens is 1. The highest BCUT2D eigenvalue weighted by Gasteiger charge is 2.09. The van der Waals surface area contributed by atoms with Crippen LogP contribution in [0.15, 0.2) is 53.3 Å². The summed E-state index contributed by atoms with van der Waals surface area (Å²) in [5, 5.41) is 3.84. The lowest BCUT2D eigenvalue weighted by Gasteiger charge is -2.06. The molecule has 1 aromatic carbocycles. The van der Waals surface area contributed by atoms with E-state index in [-0.39, 0.29) is 11.7 Å². The van der Waals surface area contributed by atoms with Gasteiger partial charge in [-0.25, -0.2) is 4.98 Å². The molecule has 5 heteroatoms. The average Bonchev–Trinajstić information content (AvgIpc) is 2.92. The zero-order valence-corrected chi connectivity index (χ0v) is 10.7. The van der Waals surface area contributed by atoms with E-state index in [4.69, 9.17) is 10.2 Å². The second-order valence-electron chi connectivity index (χ2n) is 4.41. The zero-order valence-electron chi connectivity index (χ0n) is 10.7. The number of nitrogens with two attached hydrogens (primary N) is 1. The molecule has 0 saturated carbocycles. The van der Waals surface area contributed by atoms with Gasteiger partial charge in [-0.3, -0.25) is 4.79 Å². The molecule has 0 fully saturated rings. The molecule has 0 atom stereocenters. The minimum absolute atomic E-state index is 0.232. The Labute approximate surface area is 115 Å². The van der Waals surface area contributed by atoms with Crippen molar-refractivity contribution in [2.45, 2.75) is 6.54 Å². The quantitative estimate of drug-likeness (QED) is 0.763. The number of benzene rings is 1. The maximum atomic E-state index is 12.0. The first-order valence-electron chi connectivity index (χ1n) is 6.19. The summed E-state index contributed by atoms with van der Waals surface area (Å²) in [6.45, 7) is 0.425. The van der Waals surface area contributed by atoms with Gasteiger partial charge in [-0.2, -0.15) is 0 Å². The highest BCUT2D eigenvalue weighted by atomic mass is 16.3. The molecule has 0 saturated heterocycles. The van der Waals surface area contributed by atoms with Gasteiger partial charge in [0.25, 0.3) is 5.91 Å². The van der Waals surface area contributed by atoms with Crippen LogP contribution in [0.5, 0.6) is 0 Å². The van der Waals surface area contributed by atoms with Crippen molar-refractivity contribution in [2.24, 2.45) is 0 Å². The van der Waals surface area contributed by atoms with E-state index >= 15 is 0 Å². The number of rotatable bonds is 3. The minimum Gasteiger partial charge on any atom is -0.464 e. The maximum Gasteiger partial charge on any atom is 0.255 e. The number of pyridine rings is 1. The number of nitrogens with zero attached hydrogens (tertiary/aromatic N) is 1. The molecule has 0 aliphatic rings. The van der Waals surface area contributed by atoms with Crippen molar-refractivity contribution >= 4 is 22.7 Å². The van der Waals surface area contributed by atoms with Crippen LogP contribution in [0.1, 0.15) is 15.9 Å². The zero-order chi connectivity index (χ0) is 13.9. The molecule has 100 valence electrons. The molecule has 2 aromatic heterocycles. The van der Waals surface area contributed by atoms with Crippen LogP contribution in [-0.4, -0.2) is 10.9 Å². The Hall–Kier alpha value is -2.82. The Kier molecular flexibility index (Phi) is 3.09. The summed E-state index contributed by atoms with van der Waals surface area (Å²) in [5.74, 6) is -0.00169. The molecule has 0 unspecified atom stereocenters. The van der Waals surface area contributed by atoms with Crippen molar-refractivity contribution in [1.82, 2.24) is 10.3 Å². The third kappa shape index (κ3) is 2.33. The SMILES string of the molecule is Nc1ncccc1C(=O)NCc1ccc2occc2c1. The normalized spacial score (nSPS) is 10.6. The lowest BCUT2D eigenvalue weighted by atomic mass is 10.1. The van der Waals surface area contributed by atoms with Gasteiger partial charge in [-0.15, -0.1) is 0 Å². The summed E-state index contributed by atoms with van der Waals surface area (Å²) < 4.78 is 5.27. The number of carbonyl (C=O) groups excluding carboxylic acids is 1. The van der Waals surface area contributed by atoms with Gasteiger partial charge in [0.2, 0.25) is 0 Å². The lowest BCUT2D eigenvalue weighted by Crippen LogP contribution is -2.24. The van der Waals surface area contributed by atoms with E-state index in [0.29, 0.717) is 12.1 Å². The third-order valence-corrected chi connectivity index (χ3v) is 3.05. The molecule has 5 nitrogen and oxygen atoms in total. The van der Waals surface area contributed by atoms with E-state index in [1.807, 2.05) is 24.3 Å². The number of hydrogen-bond donors (Lipinski definition) is 2. The van der Waals surface area contributed by atoms with Crippen molar-refractivity contribution in [2.75, 3.05) is 5.73 Å². The Morgan fingerprint density at radius 2 is 2.20 bits per heavy atom. The highest BCUT2D eigenvalue weighted by molar-refractivity contribution is 5.98. The number of carbonyl (C=O) groups is 1. The summed E-state index contributed by atoms with van der Waals surface area (Å²) in [7, 11) is 0. The van der Waals surface area contributed by atoms with Gasteiger partial charge in [0.1, 0.15) is 11.4 Å². The van der Waals surface area contributed by atoms with Gasteiger partial charge < -0.3 is 15.5 Å². The monoisotopic (exact) mass is 267 g/mol. The predicted molar refractivity (Wildman–Crippen MR) is 76.0 cm³/mol. The molecule has 3 N–H and O–H groups in total. The first-order chi connectivity index (χ1) is 9.74. The number of nitrogens with one attached hydrogen (secondary N) is 1. The van der Waals surface area contributed by atoms with Crippen molar-refractivity contribution < 1.29 is 9.21 Å². The van der Waals surface area contributed by atoms with Crippen molar-refractivity contribution in [3.63, 3.8) is 0 Å². The van der Waals surface area contributed by atoms with Crippen LogP contribution in [0, 0.1) is 0 Å². The van der Waals surface area contributed by atoms with E-state index in [1.54, 1.807) is 24.6 Å². The first kappa shape index (κ1) is 12.2. The number of anilines is 1. The number of hydrogen-bond acceptors (Lipinski definition) is 4. The van der Waals surface area contributed by atoms with Crippen LogP contribution in [0.25, 0.3) is 11.0 Å². The van der Waals surface area contributed by atoms with E-state index in [1.165, 1.54) is 0 Å². The van der Waals surface area contributed by atoms with Crippen molar-refractivity contribution in [3.05, 3.63) is 60.0 Å². The van der Waals surface area contributed by atoms with Gasteiger partial charge in [-0.05, 0) is 35.9 Å². The molecule has 0 spiro atoms. The Bertz CT molecular complexity index is 764. The first-order valence-corrected chi connectivity index (χ1v) is 6.19. The third-order valence-electron chi connectivity index (χ3n) is 3.05. The summed E-state index contributed by atoms with van der Waals surface area (Å²) in [5.41, 5.74) is 7.88. The van der Waals surface area contributed by atoms with E-state index in [9.17, 15) is 4.79 Å². The van der Waals surface area contributed by atoms with E-state index < -0.39 is 0 Å². The van der Waals surface area contributed by atoms with E-state index in [2.05, 4.69) is 10.3 Å². The smallest absolute Gasteiger partial charge is 0.255 e. The number of fused-ring (bicyclic) bond motifs is 1. The van der Waals surface area contributed by atoms with Crippen LogP contribution in [0.3, 0.4) is 0 Å². The lowest BCUT2D eigenvalue weighted by molar-refractivity contribution is 0.0951. The van der Waals surface area contributed by atoms with Gasteiger partial charge >= 0.3 is 0 Å². The standard InChI is InChI=1S/C15H13N3O2/c16-14-12(2-1-6-17-14)15(19)18-9-10-3-4-13-11(8-10)5-7-20-13/h1-8H,9H2,(H2,16,17)(H,18,19). The summed E-state index contributed by atoms with van der Waals surface area (Å²) in [6.07, 6.45) is 3.20. The molecule has 1 amide bonds. The van der Waals surface area contributed by atoms with Crippen molar-refractivity contribution in [1.29, 1.82) is 0 Å². The molecule has 3 aromatic rings. The highest BCUT2D eigenvalue weighted by Crippen LogP contribution is 2.17. The fraction of sp³-hybridized carbons (Fsp3) is 0.0667. The molecule has 0 aliphatic heterocycles. The van der Waals surface area contributed by atoms with Gasteiger partial charge in [0, 0.05) is 18.1 Å². The fourth-order valence-electron chi connectivity index (χ4n) is 2.01. The average molecular weight is 267 g/mol. The largest absolute Gasteiger partial charge is 0.464 e.